The van der Waals surface area contributed by atoms with Crippen molar-refractivity contribution in [2.24, 2.45) is 0 Å². The molecule has 1 amide bonds. The first kappa shape index (κ1) is 13.4. The molecular weight excluding hydrogens is 262 g/mol. The van der Waals surface area contributed by atoms with Crippen molar-refractivity contribution in [2.45, 2.75) is 13.5 Å². The molecule has 1 N–H and O–H groups in total. The van der Waals surface area contributed by atoms with Gasteiger partial charge in [-0.3, -0.25) is 4.79 Å². The van der Waals surface area contributed by atoms with Gasteiger partial charge in [-0.25, -0.2) is 0 Å². The lowest BCUT2D eigenvalue weighted by Crippen LogP contribution is -2.05. The molecule has 98 valence electrons. The van der Waals surface area contributed by atoms with Crippen LogP contribution in [0.15, 0.2) is 48.5 Å². The minimum atomic E-state index is -0.0928. The molecule has 0 radical (unpaired) electrons. The predicted molar refractivity (Wildman–Crippen MR) is 76.5 cm³/mol. The zero-order valence-electron chi connectivity index (χ0n) is 10.5. The van der Waals surface area contributed by atoms with Crippen LogP contribution in [0.2, 0.25) is 5.02 Å². The van der Waals surface area contributed by atoms with Gasteiger partial charge in [0, 0.05) is 23.2 Å². The molecule has 2 aromatic rings. The predicted octanol–water partition coefficient (Wildman–Crippen LogP) is 3.88. The lowest BCUT2D eigenvalue weighted by atomic mass is 10.2. The van der Waals surface area contributed by atoms with E-state index in [9.17, 15) is 4.79 Å². The summed E-state index contributed by atoms with van der Waals surface area (Å²) >= 11 is 6.05. The van der Waals surface area contributed by atoms with E-state index in [2.05, 4.69) is 5.32 Å². The van der Waals surface area contributed by atoms with Gasteiger partial charge < -0.3 is 10.1 Å². The average Bonchev–Trinajstić information content (AvgIpc) is 2.39. The Balaban J connectivity index is 1.97. The molecule has 0 spiro atoms. The second-order valence-electron chi connectivity index (χ2n) is 4.09. The van der Waals surface area contributed by atoms with Crippen LogP contribution in [0.1, 0.15) is 12.5 Å². The van der Waals surface area contributed by atoms with Crippen molar-refractivity contribution >= 4 is 23.2 Å². The molecule has 0 saturated carbocycles. The van der Waals surface area contributed by atoms with Gasteiger partial charge in [0.15, 0.2) is 0 Å². The van der Waals surface area contributed by atoms with E-state index in [0.29, 0.717) is 11.6 Å². The van der Waals surface area contributed by atoms with E-state index in [1.165, 1.54) is 6.92 Å². The van der Waals surface area contributed by atoms with Crippen molar-refractivity contribution in [1.82, 2.24) is 0 Å². The van der Waals surface area contributed by atoms with E-state index in [1.807, 2.05) is 36.4 Å². The minimum Gasteiger partial charge on any atom is -0.489 e. The summed E-state index contributed by atoms with van der Waals surface area (Å²) in [7, 11) is 0. The molecule has 0 fully saturated rings. The highest BCUT2D eigenvalue weighted by molar-refractivity contribution is 6.31. The Labute approximate surface area is 117 Å². The largest absolute Gasteiger partial charge is 0.489 e. The molecule has 0 aliphatic heterocycles. The Hall–Kier alpha value is -2.00. The van der Waals surface area contributed by atoms with E-state index < -0.39 is 0 Å². The molecule has 3 nitrogen and oxygen atoms in total. The summed E-state index contributed by atoms with van der Waals surface area (Å²) in [4.78, 5) is 10.9. The summed E-state index contributed by atoms with van der Waals surface area (Å²) in [6.45, 7) is 1.89. The Kier molecular flexibility index (Phi) is 4.42. The lowest BCUT2D eigenvalue weighted by molar-refractivity contribution is -0.114. The summed E-state index contributed by atoms with van der Waals surface area (Å²) in [6.07, 6.45) is 0. The van der Waals surface area contributed by atoms with Crippen LogP contribution in [-0.4, -0.2) is 5.91 Å². The van der Waals surface area contributed by atoms with E-state index in [4.69, 9.17) is 16.3 Å². The van der Waals surface area contributed by atoms with Crippen LogP contribution in [0, 0.1) is 0 Å². The number of rotatable bonds is 4. The van der Waals surface area contributed by atoms with Crippen LogP contribution in [0.4, 0.5) is 5.69 Å². The summed E-state index contributed by atoms with van der Waals surface area (Å²) in [5.41, 5.74) is 1.69. The molecule has 2 rings (SSSR count). The average molecular weight is 276 g/mol. The number of carbonyl (C=O) groups is 1. The number of ether oxygens (including phenoxy) is 1. The minimum absolute atomic E-state index is 0.0928. The third-order valence-corrected chi connectivity index (χ3v) is 2.90. The van der Waals surface area contributed by atoms with Crippen molar-refractivity contribution in [1.29, 1.82) is 0 Å². The van der Waals surface area contributed by atoms with Crippen molar-refractivity contribution < 1.29 is 9.53 Å². The number of benzene rings is 2. The Morgan fingerprint density at radius 2 is 1.84 bits per heavy atom. The van der Waals surface area contributed by atoms with E-state index in [1.54, 1.807) is 12.1 Å². The Bertz CT molecular complexity index is 567. The molecule has 19 heavy (non-hydrogen) atoms. The normalized spacial score (nSPS) is 10.0. The van der Waals surface area contributed by atoms with Gasteiger partial charge in [-0.15, -0.1) is 0 Å². The molecule has 0 unspecified atom stereocenters. The van der Waals surface area contributed by atoms with Gasteiger partial charge in [-0.05, 0) is 30.3 Å². The molecule has 0 bridgehead atoms. The number of amides is 1. The molecule has 4 heteroatoms. The fourth-order valence-corrected chi connectivity index (χ4v) is 1.80. The molecule has 0 heterocycles. The van der Waals surface area contributed by atoms with Crippen LogP contribution in [0.25, 0.3) is 0 Å². The van der Waals surface area contributed by atoms with E-state index in [0.717, 1.165) is 17.0 Å². The van der Waals surface area contributed by atoms with Crippen molar-refractivity contribution in [2.75, 3.05) is 5.32 Å². The second-order valence-corrected chi connectivity index (χ2v) is 4.49. The van der Waals surface area contributed by atoms with Gasteiger partial charge in [0.25, 0.3) is 0 Å². The summed E-state index contributed by atoms with van der Waals surface area (Å²) in [6, 6.07) is 14.8. The molecule has 0 saturated heterocycles. The maximum atomic E-state index is 10.9. The fourth-order valence-electron chi connectivity index (χ4n) is 1.61. The van der Waals surface area contributed by atoms with Crippen LogP contribution in [0.5, 0.6) is 5.75 Å². The first-order chi connectivity index (χ1) is 9.15. The van der Waals surface area contributed by atoms with Crippen LogP contribution < -0.4 is 10.1 Å². The smallest absolute Gasteiger partial charge is 0.221 e. The van der Waals surface area contributed by atoms with E-state index in [-0.39, 0.29) is 5.91 Å². The summed E-state index contributed by atoms with van der Waals surface area (Å²) < 4.78 is 5.64. The number of carbonyl (C=O) groups excluding carboxylic acids is 1. The van der Waals surface area contributed by atoms with Crippen molar-refractivity contribution in [3.8, 4) is 5.75 Å². The molecule has 0 aliphatic rings. The van der Waals surface area contributed by atoms with Gasteiger partial charge in [0.05, 0.1) is 0 Å². The zero-order chi connectivity index (χ0) is 13.7. The molecule has 0 atom stereocenters. The summed E-state index contributed by atoms with van der Waals surface area (Å²) in [5.74, 6) is 0.638. The summed E-state index contributed by atoms with van der Waals surface area (Å²) in [5, 5.41) is 3.39. The highest BCUT2D eigenvalue weighted by Gasteiger charge is 2.01. The quantitative estimate of drug-likeness (QED) is 0.920. The van der Waals surface area contributed by atoms with Crippen molar-refractivity contribution in [3.05, 3.63) is 59.1 Å². The van der Waals surface area contributed by atoms with Crippen LogP contribution >= 0.6 is 11.6 Å². The van der Waals surface area contributed by atoms with E-state index >= 15 is 0 Å². The number of halogens is 1. The maximum absolute atomic E-state index is 10.9. The van der Waals surface area contributed by atoms with Crippen LogP contribution in [-0.2, 0) is 11.4 Å². The van der Waals surface area contributed by atoms with Gasteiger partial charge in [0.2, 0.25) is 5.91 Å². The van der Waals surface area contributed by atoms with Crippen molar-refractivity contribution in [3.63, 3.8) is 0 Å². The second kappa shape index (κ2) is 6.25. The third-order valence-electron chi connectivity index (χ3n) is 2.53. The highest BCUT2D eigenvalue weighted by Crippen LogP contribution is 2.20. The number of hydrogen-bond acceptors (Lipinski definition) is 2. The maximum Gasteiger partial charge on any atom is 0.221 e. The standard InChI is InChI=1S/C15H14ClNO2/c1-11(18)17-13-6-8-14(9-7-13)19-10-12-4-2-3-5-15(12)16/h2-9H,10H2,1H3,(H,17,18). The Morgan fingerprint density at radius 1 is 1.16 bits per heavy atom. The third kappa shape index (κ3) is 4.00. The first-order valence-electron chi connectivity index (χ1n) is 5.89. The monoisotopic (exact) mass is 275 g/mol. The Morgan fingerprint density at radius 3 is 2.47 bits per heavy atom. The molecule has 0 aliphatic carbocycles. The first-order valence-corrected chi connectivity index (χ1v) is 6.27. The van der Waals surface area contributed by atoms with Gasteiger partial charge in [-0.1, -0.05) is 29.8 Å². The topological polar surface area (TPSA) is 38.3 Å². The fraction of sp³-hybridized carbons (Fsp3) is 0.133. The molecule has 2 aromatic carbocycles. The van der Waals surface area contributed by atoms with Crippen LogP contribution in [0.3, 0.4) is 0 Å². The molecule has 0 aromatic heterocycles. The zero-order valence-corrected chi connectivity index (χ0v) is 11.3. The van der Waals surface area contributed by atoms with Gasteiger partial charge >= 0.3 is 0 Å². The lowest BCUT2D eigenvalue weighted by Gasteiger charge is -2.08. The number of anilines is 1. The number of hydrogen-bond donors (Lipinski definition) is 1. The molecular formula is C15H14ClNO2. The SMILES string of the molecule is CC(=O)Nc1ccc(OCc2ccccc2Cl)cc1. The van der Waals surface area contributed by atoms with Gasteiger partial charge in [-0.2, -0.15) is 0 Å². The van der Waals surface area contributed by atoms with Gasteiger partial charge in [0.1, 0.15) is 12.4 Å². The number of nitrogens with one attached hydrogen (secondary N) is 1. The highest BCUT2D eigenvalue weighted by atomic mass is 35.5.